The van der Waals surface area contributed by atoms with Gasteiger partial charge in [0.2, 0.25) is 0 Å². The number of pyridine rings is 1. The number of ether oxygens (including phenoxy) is 1. The summed E-state index contributed by atoms with van der Waals surface area (Å²) in [6.45, 7) is 4.29. The fraction of sp³-hybridized carbons (Fsp3) is 0.400. The Bertz CT molecular complexity index is 342. The van der Waals surface area contributed by atoms with Gasteiger partial charge < -0.3 is 21.7 Å². The summed E-state index contributed by atoms with van der Waals surface area (Å²) in [7, 11) is 0. The number of esters is 1. The van der Waals surface area contributed by atoms with Crippen LogP contribution in [0.3, 0.4) is 0 Å². The molecule has 84 valence electrons. The first-order chi connectivity index (χ1) is 6.63. The zero-order valence-corrected chi connectivity index (χ0v) is 10.5. The minimum Gasteiger partial charge on any atom is -1.00 e. The van der Waals surface area contributed by atoms with Crippen LogP contribution in [0.2, 0.25) is 0 Å². The van der Waals surface area contributed by atoms with Gasteiger partial charge in [-0.2, -0.15) is 0 Å². The molecule has 5 heteroatoms. The molecule has 0 radical (unpaired) electrons. The molecule has 0 aromatic carbocycles. The molecule has 1 aromatic rings. The number of nitrogen functional groups attached to an aromatic ring is 1. The van der Waals surface area contributed by atoms with E-state index in [0.29, 0.717) is 12.4 Å². The fourth-order valence-electron chi connectivity index (χ4n) is 1.15. The van der Waals surface area contributed by atoms with E-state index in [-0.39, 0.29) is 29.5 Å². The van der Waals surface area contributed by atoms with Gasteiger partial charge in [0.05, 0.1) is 12.8 Å². The first-order valence-electron chi connectivity index (χ1n) is 4.54. The van der Waals surface area contributed by atoms with Crippen LogP contribution >= 0.6 is 0 Å². The molecule has 0 fully saturated rings. The largest absolute Gasteiger partial charge is 1.00 e. The summed E-state index contributed by atoms with van der Waals surface area (Å²) < 4.78 is 6.47. The molecule has 0 aliphatic carbocycles. The summed E-state index contributed by atoms with van der Waals surface area (Å²) in [5.41, 5.74) is 6.79. The zero-order chi connectivity index (χ0) is 10.6. The summed E-state index contributed by atoms with van der Waals surface area (Å²) in [6, 6.07) is 3.72. The Balaban J connectivity index is 0.00000196. The maximum absolute atomic E-state index is 11.2. The lowest BCUT2D eigenvalue weighted by Crippen LogP contribution is -3.00. The Morgan fingerprint density at radius 1 is 1.60 bits per heavy atom. The Morgan fingerprint density at radius 2 is 2.27 bits per heavy atom. The molecule has 0 bridgehead atoms. The van der Waals surface area contributed by atoms with Crippen molar-refractivity contribution in [2.75, 3.05) is 12.3 Å². The first-order valence-corrected chi connectivity index (χ1v) is 4.54. The maximum Gasteiger partial charge on any atom is 0.348 e. The molecule has 0 spiro atoms. The molecule has 0 saturated carbocycles. The van der Waals surface area contributed by atoms with Gasteiger partial charge in [-0.3, -0.25) is 5.73 Å². The van der Waals surface area contributed by atoms with Gasteiger partial charge in [-0.15, -0.1) is 0 Å². The molecule has 4 nitrogen and oxygen atoms in total. The summed E-state index contributed by atoms with van der Waals surface area (Å²) in [4.78, 5) is 11.2. The number of carbonyl (C=O) groups is 1. The molecular weight excluding hydrogens is 260 g/mol. The molecule has 0 saturated heterocycles. The number of rotatable bonds is 3. The van der Waals surface area contributed by atoms with Crippen molar-refractivity contribution in [3.8, 4) is 0 Å². The van der Waals surface area contributed by atoms with E-state index in [1.165, 1.54) is 0 Å². The molecule has 2 N–H and O–H groups in total. The quantitative estimate of drug-likeness (QED) is 0.487. The smallest absolute Gasteiger partial charge is 0.348 e. The minimum absolute atomic E-state index is 0. The Hall–Kier alpha value is -1.10. The van der Waals surface area contributed by atoms with E-state index in [0.717, 1.165) is 5.56 Å². The molecule has 0 aliphatic rings. The predicted octanol–water partition coefficient (Wildman–Crippen LogP) is -2.57. The van der Waals surface area contributed by atoms with Crippen molar-refractivity contribution >= 4 is 11.8 Å². The van der Waals surface area contributed by atoms with Gasteiger partial charge in [-0.05, 0) is 25.5 Å². The number of hydrogen-bond donors (Lipinski definition) is 1. The minimum atomic E-state index is -0.270. The van der Waals surface area contributed by atoms with Crippen molar-refractivity contribution in [2.24, 2.45) is 0 Å². The van der Waals surface area contributed by atoms with E-state index < -0.39 is 0 Å². The van der Waals surface area contributed by atoms with Gasteiger partial charge in [0.15, 0.2) is 6.54 Å². The van der Waals surface area contributed by atoms with Crippen molar-refractivity contribution in [3.63, 3.8) is 0 Å². The van der Waals surface area contributed by atoms with Crippen molar-refractivity contribution in [1.29, 1.82) is 0 Å². The van der Waals surface area contributed by atoms with E-state index in [2.05, 4.69) is 0 Å². The molecule has 0 aliphatic heterocycles. The summed E-state index contributed by atoms with van der Waals surface area (Å²) >= 11 is 0. The van der Waals surface area contributed by atoms with Crippen LogP contribution in [0.4, 0.5) is 5.82 Å². The third-order valence-corrected chi connectivity index (χ3v) is 1.83. The maximum atomic E-state index is 11.2. The molecule has 0 atom stereocenters. The number of anilines is 1. The molecule has 1 heterocycles. The first kappa shape index (κ1) is 13.9. The van der Waals surface area contributed by atoms with Crippen molar-refractivity contribution in [1.82, 2.24) is 0 Å². The SMILES string of the molecule is CCOC(=O)C[n+]1ccc(C)cc1N.[Br-]. The van der Waals surface area contributed by atoms with Crippen LogP contribution in [-0.2, 0) is 16.1 Å². The number of aryl methyl sites for hydroxylation is 1. The number of hydrogen-bond acceptors (Lipinski definition) is 3. The number of nitrogens with two attached hydrogens (primary N) is 1. The zero-order valence-electron chi connectivity index (χ0n) is 8.87. The summed E-state index contributed by atoms with van der Waals surface area (Å²) in [6.07, 6.45) is 1.78. The second-order valence-electron chi connectivity index (χ2n) is 3.06. The van der Waals surface area contributed by atoms with Gasteiger partial charge in [-0.1, -0.05) is 0 Å². The average molecular weight is 275 g/mol. The lowest BCUT2D eigenvalue weighted by Gasteiger charge is -2.03. The Kier molecular flexibility index (Phi) is 5.93. The van der Waals surface area contributed by atoms with Crippen LogP contribution in [-0.4, -0.2) is 12.6 Å². The standard InChI is InChI=1S/C10H14N2O2.BrH/c1-3-14-10(13)7-12-5-4-8(2)6-9(12)11;/h4-6,11H,3,7H2,1-2H3;1H. The van der Waals surface area contributed by atoms with Crippen LogP contribution in [0.25, 0.3) is 0 Å². The number of aromatic nitrogens is 1. The lowest BCUT2D eigenvalue weighted by atomic mass is 10.3. The van der Waals surface area contributed by atoms with Crippen LogP contribution in [0.15, 0.2) is 18.3 Å². The van der Waals surface area contributed by atoms with Crippen molar-refractivity contribution in [2.45, 2.75) is 20.4 Å². The number of nitrogens with zero attached hydrogens (tertiary/aromatic N) is 1. The average Bonchev–Trinajstić information content (AvgIpc) is 2.10. The fourth-order valence-corrected chi connectivity index (χ4v) is 1.15. The van der Waals surface area contributed by atoms with Gasteiger partial charge in [0.1, 0.15) is 0 Å². The second kappa shape index (κ2) is 6.40. The number of halogens is 1. The highest BCUT2D eigenvalue weighted by molar-refractivity contribution is 5.67. The second-order valence-corrected chi connectivity index (χ2v) is 3.06. The molecule has 1 rings (SSSR count). The van der Waals surface area contributed by atoms with E-state index >= 15 is 0 Å². The van der Waals surface area contributed by atoms with Crippen molar-refractivity contribution < 1.29 is 31.1 Å². The van der Waals surface area contributed by atoms with Crippen molar-refractivity contribution in [3.05, 3.63) is 23.9 Å². The highest BCUT2D eigenvalue weighted by atomic mass is 79.9. The van der Waals surface area contributed by atoms with Crippen LogP contribution in [0.5, 0.6) is 0 Å². The molecule has 0 amide bonds. The molecule has 1 aromatic heterocycles. The lowest BCUT2D eigenvalue weighted by molar-refractivity contribution is -0.671. The highest BCUT2D eigenvalue weighted by Crippen LogP contribution is 1.98. The van der Waals surface area contributed by atoms with E-state index in [9.17, 15) is 4.79 Å². The summed E-state index contributed by atoms with van der Waals surface area (Å²) in [5.74, 6) is 0.297. The highest BCUT2D eigenvalue weighted by Gasteiger charge is 2.10. The summed E-state index contributed by atoms with van der Waals surface area (Å²) in [5, 5.41) is 0. The molecular formula is C10H15BrN2O2. The Morgan fingerprint density at radius 3 is 2.80 bits per heavy atom. The molecule has 0 unspecified atom stereocenters. The van der Waals surface area contributed by atoms with E-state index in [4.69, 9.17) is 10.5 Å². The predicted molar refractivity (Wildman–Crippen MR) is 52.4 cm³/mol. The van der Waals surface area contributed by atoms with E-state index in [1.54, 1.807) is 17.7 Å². The topological polar surface area (TPSA) is 56.2 Å². The van der Waals surface area contributed by atoms with Crippen LogP contribution in [0, 0.1) is 6.92 Å². The van der Waals surface area contributed by atoms with Gasteiger partial charge >= 0.3 is 5.97 Å². The van der Waals surface area contributed by atoms with Gasteiger partial charge in [0, 0.05) is 6.07 Å². The van der Waals surface area contributed by atoms with Crippen LogP contribution < -0.4 is 27.3 Å². The van der Waals surface area contributed by atoms with Gasteiger partial charge in [-0.25, -0.2) is 9.36 Å². The van der Waals surface area contributed by atoms with E-state index in [1.807, 2.05) is 19.1 Å². The van der Waals surface area contributed by atoms with Crippen LogP contribution in [0.1, 0.15) is 12.5 Å². The molecule has 15 heavy (non-hydrogen) atoms. The third-order valence-electron chi connectivity index (χ3n) is 1.83. The Labute approximate surface area is 99.8 Å². The monoisotopic (exact) mass is 274 g/mol. The third kappa shape index (κ3) is 4.29. The normalized spacial score (nSPS) is 9.20. The number of carbonyl (C=O) groups excluding carboxylic acids is 1. The van der Waals surface area contributed by atoms with Gasteiger partial charge in [0.25, 0.3) is 5.82 Å².